The van der Waals surface area contributed by atoms with Crippen molar-refractivity contribution < 1.29 is 14.3 Å². The lowest BCUT2D eigenvalue weighted by molar-refractivity contribution is 0.0954. The molecule has 0 radical (unpaired) electrons. The van der Waals surface area contributed by atoms with Crippen LogP contribution in [0, 0.1) is 0 Å². The van der Waals surface area contributed by atoms with Crippen LogP contribution in [-0.4, -0.2) is 48.8 Å². The molecule has 3 aromatic heterocycles. The van der Waals surface area contributed by atoms with Crippen LogP contribution in [0.3, 0.4) is 0 Å². The van der Waals surface area contributed by atoms with E-state index in [-0.39, 0.29) is 23.2 Å². The summed E-state index contributed by atoms with van der Waals surface area (Å²) in [5.74, 6) is 0.538. The van der Waals surface area contributed by atoms with E-state index in [1.807, 2.05) is 0 Å². The number of aromatic nitrogens is 6. The number of hydrogen-bond donors (Lipinski definition) is 3. The topological polar surface area (TPSA) is 149 Å². The second kappa shape index (κ2) is 8.11. The monoisotopic (exact) mass is 409 g/mol. The Morgan fingerprint density at radius 1 is 1.13 bits per heavy atom. The van der Waals surface area contributed by atoms with E-state index in [1.165, 1.54) is 24.3 Å². The lowest BCUT2D eigenvalue weighted by Gasteiger charge is -2.12. The molecule has 0 unspecified atom stereocenters. The molecule has 0 aromatic carbocycles. The molecule has 0 aliphatic heterocycles. The molecule has 3 heterocycles. The van der Waals surface area contributed by atoms with Crippen LogP contribution in [-0.2, 0) is 7.05 Å². The van der Waals surface area contributed by atoms with Crippen LogP contribution in [0.5, 0.6) is 5.88 Å². The van der Waals surface area contributed by atoms with Crippen LogP contribution in [0.2, 0.25) is 0 Å². The molecule has 1 saturated carbocycles. The number of nitrogens with one attached hydrogen (secondary N) is 3. The van der Waals surface area contributed by atoms with Crippen LogP contribution < -0.4 is 20.7 Å². The van der Waals surface area contributed by atoms with Gasteiger partial charge in [-0.25, -0.2) is 19.7 Å². The number of carbonyl (C=O) groups excluding carboxylic acids is 2. The normalized spacial score (nSPS) is 12.9. The highest BCUT2D eigenvalue weighted by Gasteiger charge is 2.28. The second-order valence-corrected chi connectivity index (χ2v) is 6.60. The van der Waals surface area contributed by atoms with E-state index in [0.717, 1.165) is 12.8 Å². The fourth-order valence-corrected chi connectivity index (χ4v) is 2.74. The average Bonchev–Trinajstić information content (AvgIpc) is 3.53. The van der Waals surface area contributed by atoms with Crippen LogP contribution in [0.25, 0.3) is 0 Å². The molecular weight excluding hydrogens is 390 g/mol. The first-order valence-corrected chi connectivity index (χ1v) is 9.17. The van der Waals surface area contributed by atoms with Crippen molar-refractivity contribution in [2.75, 3.05) is 17.7 Å². The maximum atomic E-state index is 12.5. The minimum atomic E-state index is -0.819. The third-order valence-electron chi connectivity index (χ3n) is 4.36. The molecule has 0 bridgehead atoms. The van der Waals surface area contributed by atoms with Gasteiger partial charge in [0, 0.05) is 20.0 Å². The summed E-state index contributed by atoms with van der Waals surface area (Å²) in [4.78, 5) is 41.2. The van der Waals surface area contributed by atoms with E-state index in [4.69, 9.17) is 4.74 Å². The van der Waals surface area contributed by atoms with Crippen LogP contribution in [0.4, 0.5) is 21.9 Å². The molecule has 154 valence electrons. The Kier molecular flexibility index (Phi) is 5.20. The summed E-state index contributed by atoms with van der Waals surface area (Å²) >= 11 is 0. The van der Waals surface area contributed by atoms with Crippen molar-refractivity contribution in [2.45, 2.75) is 18.8 Å². The van der Waals surface area contributed by atoms with E-state index in [2.05, 4.69) is 41.0 Å². The summed E-state index contributed by atoms with van der Waals surface area (Å²) in [6, 6.07) is 0. The quantitative estimate of drug-likeness (QED) is 0.551. The predicted molar refractivity (Wildman–Crippen MR) is 106 cm³/mol. The molecule has 3 N–H and O–H groups in total. The molecule has 0 saturated heterocycles. The molecule has 1 fully saturated rings. The predicted octanol–water partition coefficient (Wildman–Crippen LogP) is 1.59. The van der Waals surface area contributed by atoms with Crippen molar-refractivity contribution in [3.63, 3.8) is 0 Å². The summed E-state index contributed by atoms with van der Waals surface area (Å²) in [5, 5.41) is 12.1. The van der Waals surface area contributed by atoms with Gasteiger partial charge in [-0.1, -0.05) is 0 Å². The number of hydrogen-bond acceptors (Lipinski definition) is 9. The zero-order valence-corrected chi connectivity index (χ0v) is 16.3. The summed E-state index contributed by atoms with van der Waals surface area (Å²) in [7, 11) is 3.08. The summed E-state index contributed by atoms with van der Waals surface area (Å²) in [5.41, 5.74) is 1.36. The first kappa shape index (κ1) is 19.2. The molecule has 4 rings (SSSR count). The van der Waals surface area contributed by atoms with E-state index in [9.17, 15) is 9.59 Å². The maximum Gasteiger partial charge on any atom is 0.418 e. The van der Waals surface area contributed by atoms with Crippen molar-refractivity contribution in [3.05, 3.63) is 42.6 Å². The number of ether oxygens (including phenoxy) is 1. The van der Waals surface area contributed by atoms with Gasteiger partial charge in [-0.3, -0.25) is 14.8 Å². The summed E-state index contributed by atoms with van der Waals surface area (Å²) in [6.45, 7) is 0. The van der Waals surface area contributed by atoms with Gasteiger partial charge in [0.25, 0.3) is 11.8 Å². The Balaban J connectivity index is 1.56. The molecule has 12 heteroatoms. The molecule has 1 aliphatic carbocycles. The number of rotatable bonds is 6. The number of nitrogens with zero attached hydrogens (tertiary/aromatic N) is 6. The third kappa shape index (κ3) is 4.16. The van der Waals surface area contributed by atoms with E-state index in [0.29, 0.717) is 17.2 Å². The van der Waals surface area contributed by atoms with Gasteiger partial charge in [-0.15, -0.1) is 0 Å². The Morgan fingerprint density at radius 3 is 2.60 bits per heavy atom. The molecule has 30 heavy (non-hydrogen) atoms. The van der Waals surface area contributed by atoms with Gasteiger partial charge in [0.2, 0.25) is 0 Å². The van der Waals surface area contributed by atoms with Crippen LogP contribution in [0.15, 0.2) is 31.1 Å². The number of anilines is 3. The SMILES string of the molecule is CNC(=O)c1c(NC(=O)Oc2nc(C3CC3)ncc2Nc2cncnc2)cnn1C. The molecule has 0 atom stereocenters. The molecular formula is C18H19N9O3. The van der Waals surface area contributed by atoms with E-state index in [1.54, 1.807) is 25.6 Å². The van der Waals surface area contributed by atoms with Crippen molar-refractivity contribution in [3.8, 4) is 5.88 Å². The lowest BCUT2D eigenvalue weighted by atomic mass is 10.3. The van der Waals surface area contributed by atoms with Crippen molar-refractivity contribution >= 4 is 29.1 Å². The number of aryl methyl sites for hydroxylation is 1. The van der Waals surface area contributed by atoms with Crippen molar-refractivity contribution in [1.29, 1.82) is 0 Å². The first-order valence-electron chi connectivity index (χ1n) is 9.17. The van der Waals surface area contributed by atoms with Crippen LogP contribution >= 0.6 is 0 Å². The highest BCUT2D eigenvalue weighted by molar-refractivity contribution is 6.01. The van der Waals surface area contributed by atoms with E-state index >= 15 is 0 Å². The molecule has 1 aliphatic rings. The Hall–Kier alpha value is -4.09. The summed E-state index contributed by atoms with van der Waals surface area (Å²) in [6.07, 6.45) is 8.62. The first-order chi connectivity index (χ1) is 14.5. The maximum absolute atomic E-state index is 12.5. The number of carbonyl (C=O) groups is 2. The fourth-order valence-electron chi connectivity index (χ4n) is 2.74. The number of amides is 2. The molecule has 3 aromatic rings. The Morgan fingerprint density at radius 2 is 1.90 bits per heavy atom. The lowest BCUT2D eigenvalue weighted by Crippen LogP contribution is -2.25. The van der Waals surface area contributed by atoms with Crippen molar-refractivity contribution in [1.82, 2.24) is 35.0 Å². The Bertz CT molecular complexity index is 1080. The largest absolute Gasteiger partial charge is 0.418 e. The van der Waals surface area contributed by atoms with Crippen LogP contribution in [0.1, 0.15) is 35.1 Å². The summed E-state index contributed by atoms with van der Waals surface area (Å²) < 4.78 is 6.80. The molecule has 12 nitrogen and oxygen atoms in total. The van der Waals surface area contributed by atoms with Gasteiger partial charge in [0.15, 0.2) is 0 Å². The highest BCUT2D eigenvalue weighted by atomic mass is 16.6. The zero-order valence-electron chi connectivity index (χ0n) is 16.3. The minimum Gasteiger partial charge on any atom is -0.389 e. The highest BCUT2D eigenvalue weighted by Crippen LogP contribution is 2.39. The molecule has 0 spiro atoms. The third-order valence-corrected chi connectivity index (χ3v) is 4.36. The minimum absolute atomic E-state index is 0.0543. The van der Waals surface area contributed by atoms with Gasteiger partial charge in [-0.05, 0) is 12.8 Å². The van der Waals surface area contributed by atoms with Gasteiger partial charge < -0.3 is 15.4 Å². The fraction of sp³-hybridized carbons (Fsp3) is 0.278. The second-order valence-electron chi connectivity index (χ2n) is 6.60. The van der Waals surface area contributed by atoms with E-state index < -0.39 is 12.0 Å². The Labute approximate surface area is 171 Å². The van der Waals surface area contributed by atoms with Crippen molar-refractivity contribution in [2.24, 2.45) is 7.05 Å². The van der Waals surface area contributed by atoms with Gasteiger partial charge in [-0.2, -0.15) is 10.1 Å². The van der Waals surface area contributed by atoms with Gasteiger partial charge in [0.1, 0.15) is 23.5 Å². The smallest absolute Gasteiger partial charge is 0.389 e. The zero-order chi connectivity index (χ0) is 21.1. The standard InChI is InChI=1S/C18H19N9O3/c1-19-16(28)14-12(8-23-27(14)2)25-18(29)30-17-13(24-11-5-20-9-21-6-11)7-22-15(26-17)10-3-4-10/h5-10,24H,3-4H2,1-2H3,(H,19,28)(H,25,29). The molecule has 2 amide bonds. The van der Waals surface area contributed by atoms with Gasteiger partial charge in [0.05, 0.1) is 36.2 Å². The average molecular weight is 409 g/mol. The van der Waals surface area contributed by atoms with Gasteiger partial charge >= 0.3 is 6.09 Å².